The van der Waals surface area contributed by atoms with Crippen LogP contribution in [0.3, 0.4) is 0 Å². The molecule has 0 amide bonds. The number of hydrogen-bond donors (Lipinski definition) is 1. The number of hydrogen-bond acceptors (Lipinski definition) is 4. The van der Waals surface area contributed by atoms with Crippen LogP contribution in [0.2, 0.25) is 0 Å². The average molecular weight is 259 g/mol. The summed E-state index contributed by atoms with van der Waals surface area (Å²) >= 11 is 0. The van der Waals surface area contributed by atoms with E-state index in [4.69, 9.17) is 14.6 Å². The molecule has 19 heavy (non-hydrogen) atoms. The van der Waals surface area contributed by atoms with E-state index < -0.39 is 5.97 Å². The number of methoxy groups -OCH3 is 1. The normalized spacial score (nSPS) is 10.0. The van der Waals surface area contributed by atoms with Gasteiger partial charge in [-0.1, -0.05) is 11.6 Å². The summed E-state index contributed by atoms with van der Waals surface area (Å²) in [7, 11) is 1.54. The molecular weight excluding hydrogens is 246 g/mol. The van der Waals surface area contributed by atoms with Gasteiger partial charge in [0.25, 0.3) is 0 Å². The van der Waals surface area contributed by atoms with Gasteiger partial charge < -0.3 is 14.6 Å². The first-order valence-electron chi connectivity index (χ1n) is 5.62. The molecule has 0 unspecified atom stereocenters. The van der Waals surface area contributed by atoms with Crippen molar-refractivity contribution in [2.75, 3.05) is 7.11 Å². The zero-order valence-electron chi connectivity index (χ0n) is 10.6. The molecule has 0 bridgehead atoms. The number of nitrogens with zero attached hydrogens (tertiary/aromatic N) is 1. The molecule has 0 spiro atoms. The van der Waals surface area contributed by atoms with Gasteiger partial charge in [-0.25, -0.2) is 9.78 Å². The highest BCUT2D eigenvalue weighted by atomic mass is 16.5. The van der Waals surface area contributed by atoms with Gasteiger partial charge in [0, 0.05) is 6.07 Å². The van der Waals surface area contributed by atoms with E-state index in [2.05, 4.69) is 4.98 Å². The summed E-state index contributed by atoms with van der Waals surface area (Å²) in [5.41, 5.74) is 0.963. The topological polar surface area (TPSA) is 68.7 Å². The second-order valence-corrected chi connectivity index (χ2v) is 3.94. The molecule has 0 fully saturated rings. The van der Waals surface area contributed by atoms with Crippen LogP contribution in [0.1, 0.15) is 15.9 Å². The maximum atomic E-state index is 11.1. The molecule has 0 aliphatic carbocycles. The Kier molecular flexibility index (Phi) is 3.66. The Morgan fingerprint density at radius 1 is 1.26 bits per heavy atom. The summed E-state index contributed by atoms with van der Waals surface area (Å²) in [6, 6.07) is 8.26. The van der Waals surface area contributed by atoms with Crippen molar-refractivity contribution in [3.8, 4) is 17.4 Å². The fourth-order valence-electron chi connectivity index (χ4n) is 1.56. The zero-order valence-corrected chi connectivity index (χ0v) is 10.6. The van der Waals surface area contributed by atoms with E-state index in [0.717, 1.165) is 5.56 Å². The van der Waals surface area contributed by atoms with Crippen LogP contribution in [0.15, 0.2) is 36.5 Å². The monoisotopic (exact) mass is 259 g/mol. The Morgan fingerprint density at radius 2 is 2.05 bits per heavy atom. The Balaban J connectivity index is 2.29. The first kappa shape index (κ1) is 12.9. The second-order valence-electron chi connectivity index (χ2n) is 3.94. The summed E-state index contributed by atoms with van der Waals surface area (Å²) in [4.78, 5) is 15.2. The fourth-order valence-corrected chi connectivity index (χ4v) is 1.56. The average Bonchev–Trinajstić information content (AvgIpc) is 2.41. The van der Waals surface area contributed by atoms with Gasteiger partial charge in [0.05, 0.1) is 13.3 Å². The van der Waals surface area contributed by atoms with E-state index in [1.165, 1.54) is 6.20 Å². The fraction of sp³-hybridized carbons (Fsp3) is 0.143. The smallest absolute Gasteiger partial charge is 0.339 e. The molecule has 0 saturated heterocycles. The Hall–Kier alpha value is -2.56. The molecule has 1 N–H and O–H groups in total. The van der Waals surface area contributed by atoms with Crippen molar-refractivity contribution in [1.29, 1.82) is 0 Å². The van der Waals surface area contributed by atoms with Crippen LogP contribution in [0.25, 0.3) is 0 Å². The maximum absolute atomic E-state index is 11.1. The highest BCUT2D eigenvalue weighted by Crippen LogP contribution is 2.26. The molecular formula is C14H13NO4. The Morgan fingerprint density at radius 3 is 2.63 bits per heavy atom. The van der Waals surface area contributed by atoms with Crippen LogP contribution in [-0.4, -0.2) is 23.2 Å². The molecule has 1 aromatic carbocycles. The first-order valence-corrected chi connectivity index (χ1v) is 5.62. The quantitative estimate of drug-likeness (QED) is 0.914. The maximum Gasteiger partial charge on any atom is 0.339 e. The number of carboxylic acids is 1. The Labute approximate surface area is 110 Å². The molecule has 1 heterocycles. The van der Waals surface area contributed by atoms with Gasteiger partial charge in [-0.05, 0) is 25.1 Å². The van der Waals surface area contributed by atoms with Crippen LogP contribution in [0.4, 0.5) is 0 Å². The molecule has 2 rings (SSSR count). The highest BCUT2D eigenvalue weighted by Gasteiger charge is 2.12. The van der Waals surface area contributed by atoms with Crippen molar-refractivity contribution in [1.82, 2.24) is 4.98 Å². The number of aromatic nitrogens is 1. The van der Waals surface area contributed by atoms with E-state index >= 15 is 0 Å². The lowest BCUT2D eigenvalue weighted by Gasteiger charge is -2.09. The van der Waals surface area contributed by atoms with Crippen molar-refractivity contribution in [2.24, 2.45) is 0 Å². The lowest BCUT2D eigenvalue weighted by atomic mass is 10.1. The summed E-state index contributed by atoms with van der Waals surface area (Å²) in [6.07, 6.45) is 1.50. The number of ether oxygens (including phenoxy) is 2. The van der Waals surface area contributed by atoms with Crippen LogP contribution >= 0.6 is 0 Å². The van der Waals surface area contributed by atoms with Crippen LogP contribution in [0.5, 0.6) is 17.4 Å². The molecule has 5 nitrogen and oxygen atoms in total. The zero-order chi connectivity index (χ0) is 13.8. The molecule has 2 aromatic rings. The highest BCUT2D eigenvalue weighted by molar-refractivity contribution is 5.91. The van der Waals surface area contributed by atoms with Gasteiger partial charge in [-0.2, -0.15) is 0 Å². The number of rotatable bonds is 4. The first-order chi connectivity index (χ1) is 9.10. The van der Waals surface area contributed by atoms with Crippen LogP contribution in [-0.2, 0) is 0 Å². The lowest BCUT2D eigenvalue weighted by molar-refractivity contribution is 0.0694. The van der Waals surface area contributed by atoms with Crippen molar-refractivity contribution >= 4 is 5.97 Å². The van der Waals surface area contributed by atoms with Gasteiger partial charge >= 0.3 is 5.97 Å². The van der Waals surface area contributed by atoms with E-state index in [1.54, 1.807) is 37.4 Å². The third-order valence-corrected chi connectivity index (χ3v) is 2.52. The minimum Gasteiger partial charge on any atom is -0.495 e. The number of carbonyl (C=O) groups is 1. The SMILES string of the molecule is COc1ccc(Oc2ccc(C)cc2C(=O)O)nc1. The molecule has 5 heteroatoms. The number of aryl methyl sites for hydroxylation is 1. The third kappa shape index (κ3) is 3.01. The molecule has 0 radical (unpaired) electrons. The molecule has 0 saturated carbocycles. The van der Waals surface area contributed by atoms with Gasteiger partial charge in [0.1, 0.15) is 17.1 Å². The number of aromatic carboxylic acids is 1. The lowest BCUT2D eigenvalue weighted by Crippen LogP contribution is -2.01. The molecule has 0 aliphatic heterocycles. The number of carboxylic acid groups (broad SMARTS) is 1. The number of pyridine rings is 1. The standard InChI is InChI=1S/C14H13NO4/c1-9-3-5-12(11(7-9)14(16)17)19-13-6-4-10(18-2)8-15-13/h3-8H,1-2H3,(H,16,17). The number of benzene rings is 1. The van der Waals surface area contributed by atoms with Crippen LogP contribution in [0, 0.1) is 6.92 Å². The third-order valence-electron chi connectivity index (χ3n) is 2.52. The van der Waals surface area contributed by atoms with Crippen molar-refractivity contribution in [3.63, 3.8) is 0 Å². The van der Waals surface area contributed by atoms with Gasteiger partial charge in [0.2, 0.25) is 5.88 Å². The Bertz CT molecular complexity index is 593. The van der Waals surface area contributed by atoms with E-state index in [0.29, 0.717) is 11.6 Å². The van der Waals surface area contributed by atoms with Crippen LogP contribution < -0.4 is 9.47 Å². The summed E-state index contributed by atoms with van der Waals surface area (Å²) in [6.45, 7) is 1.82. The summed E-state index contributed by atoms with van der Waals surface area (Å²) < 4.78 is 10.5. The predicted octanol–water partition coefficient (Wildman–Crippen LogP) is 2.89. The molecule has 0 atom stereocenters. The largest absolute Gasteiger partial charge is 0.495 e. The van der Waals surface area contributed by atoms with E-state index in [1.807, 2.05) is 6.92 Å². The molecule has 0 aliphatic rings. The van der Waals surface area contributed by atoms with Gasteiger partial charge in [0.15, 0.2) is 0 Å². The minimum absolute atomic E-state index is 0.109. The van der Waals surface area contributed by atoms with Crippen molar-refractivity contribution in [2.45, 2.75) is 6.92 Å². The van der Waals surface area contributed by atoms with E-state index in [9.17, 15) is 4.79 Å². The summed E-state index contributed by atoms with van der Waals surface area (Å²) in [5.74, 6) is 0.143. The minimum atomic E-state index is -1.03. The molecule has 98 valence electrons. The molecule has 1 aromatic heterocycles. The van der Waals surface area contributed by atoms with Crippen molar-refractivity contribution < 1.29 is 19.4 Å². The second kappa shape index (κ2) is 5.39. The van der Waals surface area contributed by atoms with E-state index in [-0.39, 0.29) is 11.3 Å². The predicted molar refractivity (Wildman–Crippen MR) is 69.0 cm³/mol. The van der Waals surface area contributed by atoms with Gasteiger partial charge in [-0.15, -0.1) is 0 Å². The van der Waals surface area contributed by atoms with Crippen molar-refractivity contribution in [3.05, 3.63) is 47.7 Å². The van der Waals surface area contributed by atoms with Gasteiger partial charge in [-0.3, -0.25) is 0 Å². The summed E-state index contributed by atoms with van der Waals surface area (Å²) in [5, 5.41) is 9.13.